The van der Waals surface area contributed by atoms with Crippen LogP contribution in [0.4, 0.5) is 0 Å². The maximum absolute atomic E-state index is 11.8. The molecule has 1 heterocycles. The highest BCUT2D eigenvalue weighted by Crippen LogP contribution is 2.22. The van der Waals surface area contributed by atoms with Crippen LogP contribution in [-0.2, 0) is 24.7 Å². The van der Waals surface area contributed by atoms with Gasteiger partial charge in [0.15, 0.2) is 9.84 Å². The van der Waals surface area contributed by atoms with E-state index in [0.717, 1.165) is 0 Å². The summed E-state index contributed by atoms with van der Waals surface area (Å²) in [5.74, 6) is -0.257. The smallest absolute Gasteiger partial charge is 0.263 e. The van der Waals surface area contributed by atoms with Gasteiger partial charge in [-0.05, 0) is 12.1 Å². The van der Waals surface area contributed by atoms with Gasteiger partial charge in [-0.2, -0.15) is 0 Å². The van der Waals surface area contributed by atoms with E-state index in [1.807, 2.05) is 4.89 Å². The van der Waals surface area contributed by atoms with Crippen molar-refractivity contribution in [2.45, 2.75) is 17.2 Å². The average molecular weight is 279 g/mol. The number of rotatable bonds is 0. The van der Waals surface area contributed by atoms with Crippen LogP contribution in [0, 0.1) is 0 Å². The molecular weight excluding hydrogens is 266 g/mol. The topological polar surface area (TPSA) is 89.5 Å². The van der Waals surface area contributed by atoms with Crippen LogP contribution in [0.2, 0.25) is 0 Å². The number of benzene rings is 1. The van der Waals surface area contributed by atoms with Crippen LogP contribution in [0.25, 0.3) is 0 Å². The van der Waals surface area contributed by atoms with Gasteiger partial charge in [0.1, 0.15) is 4.90 Å². The Hall–Kier alpha value is -0.960. The van der Waals surface area contributed by atoms with Gasteiger partial charge in [0, 0.05) is 0 Å². The standard InChI is InChI=1S/C8H9NO5S2.CH4/c10-15(11)6-5-14-9-16(12,13)8-4-2-1-3-7(8)15;/h1-4,9H,5-6H2;1H4. The van der Waals surface area contributed by atoms with Crippen molar-refractivity contribution in [1.82, 2.24) is 4.89 Å². The lowest BCUT2D eigenvalue weighted by Gasteiger charge is -2.15. The monoisotopic (exact) mass is 279 g/mol. The molecule has 0 saturated heterocycles. The molecule has 2 rings (SSSR count). The first-order valence-corrected chi connectivity index (χ1v) is 7.52. The van der Waals surface area contributed by atoms with Crippen LogP contribution >= 0.6 is 0 Å². The number of hydrogen-bond donors (Lipinski definition) is 1. The number of sulfone groups is 1. The van der Waals surface area contributed by atoms with Crippen molar-refractivity contribution in [2.75, 3.05) is 12.4 Å². The lowest BCUT2D eigenvalue weighted by Crippen LogP contribution is -2.31. The summed E-state index contributed by atoms with van der Waals surface area (Å²) < 4.78 is 46.8. The fourth-order valence-electron chi connectivity index (χ4n) is 1.35. The number of sulfonamides is 1. The van der Waals surface area contributed by atoms with Gasteiger partial charge in [-0.25, -0.2) is 16.8 Å². The second-order valence-corrected chi connectivity index (χ2v) is 6.89. The molecule has 1 aromatic rings. The fourth-order valence-corrected chi connectivity index (χ4v) is 4.17. The summed E-state index contributed by atoms with van der Waals surface area (Å²) in [6.07, 6.45) is 0. The highest BCUT2D eigenvalue weighted by molar-refractivity contribution is 7.93. The van der Waals surface area contributed by atoms with Gasteiger partial charge in [-0.1, -0.05) is 24.4 Å². The Balaban J connectivity index is 0.00000144. The maximum Gasteiger partial charge on any atom is 0.263 e. The molecule has 6 nitrogen and oxygen atoms in total. The Bertz CT molecular complexity index is 551. The molecule has 1 aromatic carbocycles. The van der Waals surface area contributed by atoms with Gasteiger partial charge in [-0.3, -0.25) is 4.84 Å². The highest BCUT2D eigenvalue weighted by Gasteiger charge is 2.28. The SMILES string of the molecule is C.O=S1(=O)CCONS(=O)(=O)c2ccccc21. The molecule has 17 heavy (non-hydrogen) atoms. The van der Waals surface area contributed by atoms with E-state index in [1.54, 1.807) is 0 Å². The Kier molecular flexibility index (Phi) is 3.92. The van der Waals surface area contributed by atoms with Crippen LogP contribution in [0.3, 0.4) is 0 Å². The predicted molar refractivity (Wildman–Crippen MR) is 61.5 cm³/mol. The molecule has 1 N–H and O–H groups in total. The Morgan fingerprint density at radius 1 is 1.06 bits per heavy atom. The summed E-state index contributed by atoms with van der Waals surface area (Å²) in [7, 11) is -7.54. The van der Waals surface area contributed by atoms with Crippen molar-refractivity contribution < 1.29 is 21.7 Å². The third-order valence-corrected chi connectivity index (χ3v) is 5.23. The first-order chi connectivity index (χ1) is 7.43. The van der Waals surface area contributed by atoms with Crippen molar-refractivity contribution >= 4 is 19.9 Å². The summed E-state index contributed by atoms with van der Waals surface area (Å²) >= 11 is 0. The number of nitrogens with one attached hydrogen (secondary N) is 1. The van der Waals surface area contributed by atoms with E-state index in [-0.39, 0.29) is 29.6 Å². The van der Waals surface area contributed by atoms with Gasteiger partial charge in [0.2, 0.25) is 0 Å². The first kappa shape index (κ1) is 14.1. The van der Waals surface area contributed by atoms with E-state index < -0.39 is 19.9 Å². The van der Waals surface area contributed by atoms with E-state index in [9.17, 15) is 16.8 Å². The van der Waals surface area contributed by atoms with Crippen LogP contribution in [0.1, 0.15) is 7.43 Å². The Morgan fingerprint density at radius 3 is 2.29 bits per heavy atom. The van der Waals surface area contributed by atoms with Gasteiger partial charge < -0.3 is 0 Å². The van der Waals surface area contributed by atoms with Gasteiger partial charge >= 0.3 is 0 Å². The van der Waals surface area contributed by atoms with Crippen LogP contribution in [0.5, 0.6) is 0 Å². The van der Waals surface area contributed by atoms with Crippen molar-refractivity contribution in [2.24, 2.45) is 0 Å². The van der Waals surface area contributed by atoms with Crippen LogP contribution < -0.4 is 4.89 Å². The molecule has 1 aliphatic heterocycles. The zero-order chi connectivity index (χ0) is 11.8. The van der Waals surface area contributed by atoms with Crippen LogP contribution in [-0.4, -0.2) is 29.2 Å². The molecule has 8 heteroatoms. The summed E-state index contributed by atoms with van der Waals surface area (Å²) in [5, 5.41) is 0. The highest BCUT2D eigenvalue weighted by atomic mass is 32.2. The lowest BCUT2D eigenvalue weighted by molar-refractivity contribution is 0.106. The number of fused-ring (bicyclic) bond motifs is 1. The molecule has 0 saturated carbocycles. The molecule has 1 aliphatic rings. The third kappa shape index (κ3) is 2.65. The normalized spacial score (nSPS) is 21.4. The van der Waals surface area contributed by atoms with E-state index in [4.69, 9.17) is 0 Å². The number of hydrogen-bond acceptors (Lipinski definition) is 5. The second-order valence-electron chi connectivity index (χ2n) is 3.20. The minimum Gasteiger partial charge on any atom is -0.286 e. The summed E-state index contributed by atoms with van der Waals surface area (Å²) in [6, 6.07) is 5.43. The van der Waals surface area contributed by atoms with Crippen molar-refractivity contribution in [3.63, 3.8) is 0 Å². The Labute approximate surface area is 101 Å². The minimum atomic E-state index is -3.92. The van der Waals surface area contributed by atoms with E-state index in [1.165, 1.54) is 24.3 Å². The van der Waals surface area contributed by atoms with Gasteiger partial charge in [0.05, 0.1) is 17.3 Å². The second kappa shape index (κ2) is 4.73. The van der Waals surface area contributed by atoms with Crippen molar-refractivity contribution in [3.8, 4) is 0 Å². The average Bonchev–Trinajstić information content (AvgIpc) is 2.24. The zero-order valence-electron chi connectivity index (χ0n) is 8.08. The maximum atomic E-state index is 11.8. The first-order valence-electron chi connectivity index (χ1n) is 4.39. The van der Waals surface area contributed by atoms with Crippen LogP contribution in [0.15, 0.2) is 34.1 Å². The predicted octanol–water partition coefficient (Wildman–Crippen LogP) is 0.320. The summed E-state index contributed by atoms with van der Waals surface area (Å²) in [6.45, 7) is -0.212. The summed E-state index contributed by atoms with van der Waals surface area (Å²) in [4.78, 5) is 5.96. The molecule has 0 bridgehead atoms. The minimum absolute atomic E-state index is 0. The molecule has 0 aromatic heterocycles. The van der Waals surface area contributed by atoms with E-state index in [0.29, 0.717) is 0 Å². The quantitative estimate of drug-likeness (QED) is 0.738. The Morgan fingerprint density at radius 2 is 1.65 bits per heavy atom. The molecule has 0 unspecified atom stereocenters. The molecule has 96 valence electrons. The molecule has 0 atom stereocenters. The molecule has 0 spiro atoms. The third-order valence-electron chi connectivity index (χ3n) is 2.10. The molecule has 0 radical (unpaired) electrons. The molecule has 0 aliphatic carbocycles. The zero-order valence-corrected chi connectivity index (χ0v) is 9.71. The largest absolute Gasteiger partial charge is 0.286 e. The fraction of sp³-hybridized carbons (Fsp3) is 0.333. The molecular formula is C9H13NO5S2. The lowest BCUT2D eigenvalue weighted by atomic mass is 10.4. The van der Waals surface area contributed by atoms with E-state index in [2.05, 4.69) is 4.84 Å². The van der Waals surface area contributed by atoms with E-state index >= 15 is 0 Å². The molecule has 0 amide bonds. The van der Waals surface area contributed by atoms with Crippen molar-refractivity contribution in [1.29, 1.82) is 0 Å². The summed E-state index contributed by atoms with van der Waals surface area (Å²) in [5.41, 5.74) is 0. The van der Waals surface area contributed by atoms with Crippen molar-refractivity contribution in [3.05, 3.63) is 24.3 Å². The van der Waals surface area contributed by atoms with Gasteiger partial charge in [-0.15, -0.1) is 0 Å². The van der Waals surface area contributed by atoms with Gasteiger partial charge in [0.25, 0.3) is 10.0 Å². The molecule has 0 fully saturated rings.